The van der Waals surface area contributed by atoms with Crippen molar-refractivity contribution in [1.82, 2.24) is 19.8 Å². The fourth-order valence-corrected chi connectivity index (χ4v) is 3.17. The van der Waals surface area contributed by atoms with Crippen molar-refractivity contribution in [2.24, 2.45) is 7.05 Å². The van der Waals surface area contributed by atoms with Gasteiger partial charge in [-0.25, -0.2) is 4.98 Å². The Balaban J connectivity index is 1.75. The van der Waals surface area contributed by atoms with Gasteiger partial charge < -0.3 is 19.5 Å². The van der Waals surface area contributed by atoms with E-state index in [4.69, 9.17) is 4.74 Å². The number of amides is 1. The summed E-state index contributed by atoms with van der Waals surface area (Å²) in [5, 5.41) is 3.32. The lowest BCUT2D eigenvalue weighted by molar-refractivity contribution is -0.141. The molecular formula is C19H24N4O3. The molecule has 1 aliphatic heterocycles. The highest BCUT2D eigenvalue weighted by molar-refractivity contribution is 5.94. The van der Waals surface area contributed by atoms with Crippen molar-refractivity contribution in [3.63, 3.8) is 0 Å². The van der Waals surface area contributed by atoms with Gasteiger partial charge in [0.2, 0.25) is 0 Å². The van der Waals surface area contributed by atoms with Crippen molar-refractivity contribution in [3.8, 4) is 5.75 Å². The highest BCUT2D eigenvalue weighted by Gasteiger charge is 2.33. The van der Waals surface area contributed by atoms with Gasteiger partial charge in [-0.1, -0.05) is 12.1 Å². The fraction of sp³-hybridized carbons (Fsp3) is 0.421. The van der Waals surface area contributed by atoms with E-state index in [1.807, 2.05) is 22.7 Å². The van der Waals surface area contributed by atoms with E-state index in [2.05, 4.69) is 10.3 Å². The van der Waals surface area contributed by atoms with E-state index in [0.717, 1.165) is 12.4 Å². The molecular weight excluding hydrogens is 332 g/mol. The second kappa shape index (κ2) is 7.70. The Morgan fingerprint density at radius 3 is 2.88 bits per heavy atom. The van der Waals surface area contributed by atoms with Crippen LogP contribution in [0.3, 0.4) is 0 Å². The van der Waals surface area contributed by atoms with E-state index in [1.165, 1.54) is 6.92 Å². The number of ketones is 1. The van der Waals surface area contributed by atoms with Gasteiger partial charge in [-0.2, -0.15) is 0 Å². The lowest BCUT2D eigenvalue weighted by Crippen LogP contribution is -2.52. The minimum absolute atomic E-state index is 0.0358. The minimum Gasteiger partial charge on any atom is -0.481 e. The van der Waals surface area contributed by atoms with E-state index in [1.54, 1.807) is 37.4 Å². The standard InChI is InChI=1S/C19H24N4O3/c1-13(24)15-5-4-6-16(11-15)26-14(2)19(25)23-10-7-20-12-17(23)18-21-8-9-22(18)3/h4-6,8-9,11,14,17,20H,7,10,12H2,1-3H3. The maximum Gasteiger partial charge on any atom is 0.264 e. The number of imidazole rings is 1. The van der Waals surface area contributed by atoms with Crippen molar-refractivity contribution in [2.75, 3.05) is 19.6 Å². The number of aromatic nitrogens is 2. The van der Waals surface area contributed by atoms with Crippen LogP contribution in [0, 0.1) is 0 Å². The largest absolute Gasteiger partial charge is 0.481 e. The third kappa shape index (κ3) is 3.77. The van der Waals surface area contributed by atoms with E-state index in [0.29, 0.717) is 24.4 Å². The monoisotopic (exact) mass is 356 g/mol. The molecule has 7 nitrogen and oxygen atoms in total. The zero-order valence-corrected chi connectivity index (χ0v) is 15.3. The van der Waals surface area contributed by atoms with Crippen LogP contribution < -0.4 is 10.1 Å². The number of hydrogen-bond acceptors (Lipinski definition) is 5. The normalized spacial score (nSPS) is 18.4. The summed E-state index contributed by atoms with van der Waals surface area (Å²) < 4.78 is 7.76. The summed E-state index contributed by atoms with van der Waals surface area (Å²) in [6.07, 6.45) is 2.96. The molecule has 7 heteroatoms. The molecule has 2 unspecified atom stereocenters. The van der Waals surface area contributed by atoms with Crippen LogP contribution in [-0.4, -0.2) is 51.9 Å². The van der Waals surface area contributed by atoms with Crippen LogP contribution in [0.25, 0.3) is 0 Å². The number of hydrogen-bond donors (Lipinski definition) is 1. The van der Waals surface area contributed by atoms with E-state index < -0.39 is 6.10 Å². The third-order valence-electron chi connectivity index (χ3n) is 4.58. The molecule has 0 aliphatic carbocycles. The van der Waals surface area contributed by atoms with Crippen LogP contribution in [0.4, 0.5) is 0 Å². The molecule has 1 aromatic carbocycles. The van der Waals surface area contributed by atoms with Gasteiger partial charge in [-0.15, -0.1) is 0 Å². The Morgan fingerprint density at radius 1 is 1.38 bits per heavy atom. The third-order valence-corrected chi connectivity index (χ3v) is 4.58. The number of rotatable bonds is 5. The summed E-state index contributed by atoms with van der Waals surface area (Å²) >= 11 is 0. The molecule has 1 fully saturated rings. The summed E-state index contributed by atoms with van der Waals surface area (Å²) in [6, 6.07) is 6.77. The van der Waals surface area contributed by atoms with Gasteiger partial charge in [-0.05, 0) is 26.0 Å². The molecule has 0 spiro atoms. The molecule has 2 heterocycles. The number of aryl methyl sites for hydroxylation is 1. The number of ether oxygens (including phenoxy) is 1. The number of carbonyl (C=O) groups is 2. The van der Waals surface area contributed by atoms with Crippen LogP contribution in [0.1, 0.15) is 36.1 Å². The molecule has 3 rings (SSSR count). The number of benzene rings is 1. The molecule has 1 N–H and O–H groups in total. The number of carbonyl (C=O) groups excluding carboxylic acids is 2. The predicted molar refractivity (Wildman–Crippen MR) is 97.1 cm³/mol. The Labute approximate surface area is 153 Å². The van der Waals surface area contributed by atoms with Crippen LogP contribution in [0.2, 0.25) is 0 Å². The molecule has 138 valence electrons. The molecule has 1 amide bonds. The number of Topliss-reactive ketones (excluding diaryl/α,β-unsaturated/α-hetero) is 1. The van der Waals surface area contributed by atoms with Crippen molar-refractivity contribution in [2.45, 2.75) is 26.0 Å². The lowest BCUT2D eigenvalue weighted by Gasteiger charge is -2.37. The SMILES string of the molecule is CC(=O)c1cccc(OC(C)C(=O)N2CCNCC2c2nccn2C)c1. The minimum atomic E-state index is -0.655. The topological polar surface area (TPSA) is 76.5 Å². The first-order valence-electron chi connectivity index (χ1n) is 8.73. The van der Waals surface area contributed by atoms with Gasteiger partial charge in [0.05, 0.1) is 0 Å². The van der Waals surface area contributed by atoms with Crippen molar-refractivity contribution >= 4 is 11.7 Å². The van der Waals surface area contributed by atoms with Gasteiger partial charge in [0.1, 0.15) is 17.6 Å². The summed E-state index contributed by atoms with van der Waals surface area (Å²) in [7, 11) is 1.92. The van der Waals surface area contributed by atoms with Crippen LogP contribution >= 0.6 is 0 Å². The maximum atomic E-state index is 13.0. The molecule has 1 aliphatic rings. The quantitative estimate of drug-likeness (QED) is 0.823. The van der Waals surface area contributed by atoms with Crippen molar-refractivity contribution < 1.29 is 14.3 Å². The van der Waals surface area contributed by atoms with Crippen LogP contribution in [0.15, 0.2) is 36.7 Å². The number of nitrogens with one attached hydrogen (secondary N) is 1. The summed E-state index contributed by atoms with van der Waals surface area (Å²) in [4.78, 5) is 30.7. The van der Waals surface area contributed by atoms with Gasteiger partial charge in [0, 0.05) is 44.6 Å². The summed E-state index contributed by atoms with van der Waals surface area (Å²) in [5.41, 5.74) is 0.565. The molecule has 0 radical (unpaired) electrons. The zero-order chi connectivity index (χ0) is 18.7. The predicted octanol–water partition coefficient (Wildman–Crippen LogP) is 1.56. The molecule has 1 saturated heterocycles. The Morgan fingerprint density at radius 2 is 2.19 bits per heavy atom. The highest BCUT2D eigenvalue weighted by Crippen LogP contribution is 2.23. The number of piperazine rings is 1. The van der Waals surface area contributed by atoms with E-state index >= 15 is 0 Å². The van der Waals surface area contributed by atoms with Gasteiger partial charge in [0.25, 0.3) is 5.91 Å². The van der Waals surface area contributed by atoms with Gasteiger partial charge >= 0.3 is 0 Å². The smallest absolute Gasteiger partial charge is 0.264 e. The second-order valence-electron chi connectivity index (χ2n) is 6.49. The first-order chi connectivity index (χ1) is 12.5. The lowest BCUT2D eigenvalue weighted by atomic mass is 10.1. The van der Waals surface area contributed by atoms with E-state index in [-0.39, 0.29) is 17.7 Å². The van der Waals surface area contributed by atoms with Crippen molar-refractivity contribution in [1.29, 1.82) is 0 Å². The van der Waals surface area contributed by atoms with Crippen LogP contribution in [-0.2, 0) is 11.8 Å². The zero-order valence-electron chi connectivity index (χ0n) is 15.3. The average molecular weight is 356 g/mol. The Bertz CT molecular complexity index is 802. The Kier molecular flexibility index (Phi) is 5.37. The first-order valence-corrected chi connectivity index (χ1v) is 8.73. The molecule has 0 saturated carbocycles. The molecule has 2 aromatic rings. The molecule has 0 bridgehead atoms. The van der Waals surface area contributed by atoms with Gasteiger partial charge in [-0.3, -0.25) is 9.59 Å². The molecule has 1 aromatic heterocycles. The Hall–Kier alpha value is -2.67. The van der Waals surface area contributed by atoms with E-state index in [9.17, 15) is 9.59 Å². The molecule has 26 heavy (non-hydrogen) atoms. The van der Waals surface area contributed by atoms with Crippen LogP contribution in [0.5, 0.6) is 5.75 Å². The number of nitrogens with zero attached hydrogens (tertiary/aromatic N) is 3. The second-order valence-corrected chi connectivity index (χ2v) is 6.49. The fourth-order valence-electron chi connectivity index (χ4n) is 3.17. The highest BCUT2D eigenvalue weighted by atomic mass is 16.5. The van der Waals surface area contributed by atoms with Gasteiger partial charge in [0.15, 0.2) is 11.9 Å². The van der Waals surface area contributed by atoms with Crippen molar-refractivity contribution in [3.05, 3.63) is 48.0 Å². The maximum absolute atomic E-state index is 13.0. The summed E-state index contributed by atoms with van der Waals surface area (Å²) in [6.45, 7) is 5.23. The summed E-state index contributed by atoms with van der Waals surface area (Å²) in [5.74, 6) is 1.23. The first kappa shape index (κ1) is 18.1. The molecule has 2 atom stereocenters. The average Bonchev–Trinajstić information content (AvgIpc) is 3.07.